The highest BCUT2D eigenvalue weighted by Crippen LogP contribution is 2.28. The van der Waals surface area contributed by atoms with E-state index in [4.69, 9.17) is 4.74 Å². The van der Waals surface area contributed by atoms with Crippen LogP contribution in [0.1, 0.15) is 27.0 Å². The van der Waals surface area contributed by atoms with E-state index in [1.807, 2.05) is 26.0 Å². The topological polar surface area (TPSA) is 26.3 Å². The van der Waals surface area contributed by atoms with Gasteiger partial charge in [0.25, 0.3) is 0 Å². The van der Waals surface area contributed by atoms with Crippen LogP contribution in [0, 0.1) is 13.8 Å². The summed E-state index contributed by atoms with van der Waals surface area (Å²) in [4.78, 5) is 12.6. The Hall–Kier alpha value is -1.13. The van der Waals surface area contributed by atoms with E-state index < -0.39 is 0 Å². The average Bonchev–Trinajstić information content (AvgIpc) is 2.42. The molecule has 0 aliphatic carbocycles. The van der Waals surface area contributed by atoms with Gasteiger partial charge >= 0.3 is 0 Å². The summed E-state index contributed by atoms with van der Waals surface area (Å²) in [5, 5.41) is 0. The average molecular weight is 398 g/mol. The number of halogens is 2. The monoisotopic (exact) mass is 396 g/mol. The van der Waals surface area contributed by atoms with Gasteiger partial charge in [0.2, 0.25) is 0 Å². The summed E-state index contributed by atoms with van der Waals surface area (Å²) in [6.45, 7) is 3.92. The van der Waals surface area contributed by atoms with Crippen molar-refractivity contribution >= 4 is 37.6 Å². The predicted molar refractivity (Wildman–Crippen MR) is 87.7 cm³/mol. The Morgan fingerprint density at radius 3 is 2.30 bits per heavy atom. The minimum absolute atomic E-state index is 0.0152. The highest BCUT2D eigenvalue weighted by molar-refractivity contribution is 9.10. The third-order valence-electron chi connectivity index (χ3n) is 3.16. The van der Waals surface area contributed by atoms with Gasteiger partial charge in [-0.1, -0.05) is 15.9 Å². The van der Waals surface area contributed by atoms with Gasteiger partial charge in [-0.25, -0.2) is 0 Å². The second-order valence-electron chi connectivity index (χ2n) is 4.59. The fourth-order valence-corrected chi connectivity index (χ4v) is 2.99. The Balaban J connectivity index is 2.46. The molecular formula is C16H14Br2O2. The number of aryl methyl sites for hydroxylation is 2. The van der Waals surface area contributed by atoms with Crippen molar-refractivity contribution in [1.82, 2.24) is 0 Å². The lowest BCUT2D eigenvalue weighted by atomic mass is 9.97. The third-order valence-corrected chi connectivity index (χ3v) is 4.64. The minimum atomic E-state index is 0.0152. The maximum atomic E-state index is 12.6. The van der Waals surface area contributed by atoms with Crippen molar-refractivity contribution in [2.45, 2.75) is 13.8 Å². The summed E-state index contributed by atoms with van der Waals surface area (Å²) >= 11 is 6.89. The van der Waals surface area contributed by atoms with Crippen LogP contribution >= 0.6 is 31.9 Å². The summed E-state index contributed by atoms with van der Waals surface area (Å²) in [5.41, 5.74) is 3.37. The summed E-state index contributed by atoms with van der Waals surface area (Å²) in [6.07, 6.45) is 0. The van der Waals surface area contributed by atoms with Crippen molar-refractivity contribution in [3.05, 3.63) is 61.5 Å². The molecule has 0 fully saturated rings. The molecule has 0 N–H and O–H groups in total. The van der Waals surface area contributed by atoms with E-state index in [-0.39, 0.29) is 5.78 Å². The smallest absolute Gasteiger partial charge is 0.193 e. The summed E-state index contributed by atoms with van der Waals surface area (Å²) in [5.74, 6) is 0.728. The van der Waals surface area contributed by atoms with Gasteiger partial charge in [-0.05, 0) is 71.2 Å². The molecule has 0 saturated carbocycles. The fraction of sp³-hybridized carbons (Fsp3) is 0.188. The number of benzene rings is 2. The molecule has 0 atom stereocenters. The van der Waals surface area contributed by atoms with Crippen LogP contribution in [-0.2, 0) is 0 Å². The first kappa shape index (κ1) is 15.3. The van der Waals surface area contributed by atoms with E-state index in [2.05, 4.69) is 31.9 Å². The molecule has 0 saturated heterocycles. The molecule has 0 heterocycles. The van der Waals surface area contributed by atoms with Gasteiger partial charge in [-0.3, -0.25) is 4.79 Å². The summed E-state index contributed by atoms with van der Waals surface area (Å²) in [7, 11) is 1.60. The number of carbonyl (C=O) groups excluding carboxylic acids is 1. The van der Waals surface area contributed by atoms with E-state index in [0.29, 0.717) is 11.3 Å². The normalized spacial score (nSPS) is 10.4. The standard InChI is InChI=1S/C16H14Br2O2/c1-9-7-13(17)10(2)6-12(9)16(19)11-4-5-15(20-3)14(18)8-11/h4-8H,1-3H3. The van der Waals surface area contributed by atoms with Gasteiger partial charge in [-0.2, -0.15) is 0 Å². The summed E-state index contributed by atoms with van der Waals surface area (Å²) in [6, 6.07) is 9.25. The first-order valence-corrected chi connectivity index (χ1v) is 7.67. The van der Waals surface area contributed by atoms with Gasteiger partial charge in [0.05, 0.1) is 11.6 Å². The number of hydrogen-bond acceptors (Lipinski definition) is 2. The van der Waals surface area contributed by atoms with Crippen molar-refractivity contribution in [1.29, 1.82) is 0 Å². The van der Waals surface area contributed by atoms with Crippen molar-refractivity contribution in [3.8, 4) is 5.75 Å². The highest BCUT2D eigenvalue weighted by atomic mass is 79.9. The molecule has 0 unspecified atom stereocenters. The second-order valence-corrected chi connectivity index (χ2v) is 6.30. The largest absolute Gasteiger partial charge is 0.496 e. The van der Waals surface area contributed by atoms with E-state index in [1.165, 1.54) is 0 Å². The number of hydrogen-bond donors (Lipinski definition) is 0. The van der Waals surface area contributed by atoms with Crippen LogP contribution in [0.25, 0.3) is 0 Å². The third kappa shape index (κ3) is 2.96. The number of carbonyl (C=O) groups is 1. The van der Waals surface area contributed by atoms with Crippen LogP contribution in [0.4, 0.5) is 0 Å². The molecule has 0 aromatic heterocycles. The Morgan fingerprint density at radius 2 is 1.70 bits per heavy atom. The molecule has 104 valence electrons. The van der Waals surface area contributed by atoms with E-state index in [1.54, 1.807) is 25.3 Å². The maximum absolute atomic E-state index is 12.6. The molecule has 20 heavy (non-hydrogen) atoms. The van der Waals surface area contributed by atoms with Crippen molar-refractivity contribution < 1.29 is 9.53 Å². The fourth-order valence-electron chi connectivity index (χ4n) is 1.99. The van der Waals surface area contributed by atoms with Crippen LogP contribution in [0.15, 0.2) is 39.3 Å². The molecule has 0 aliphatic rings. The Bertz CT molecular complexity index is 678. The zero-order valence-electron chi connectivity index (χ0n) is 11.5. The Kier molecular flexibility index (Phi) is 4.66. The predicted octanol–water partition coefficient (Wildman–Crippen LogP) is 5.07. The Labute approximate surface area is 135 Å². The lowest BCUT2D eigenvalue weighted by molar-refractivity contribution is 0.103. The molecule has 0 spiro atoms. The minimum Gasteiger partial charge on any atom is -0.496 e. The molecule has 4 heteroatoms. The van der Waals surface area contributed by atoms with Crippen LogP contribution in [0.3, 0.4) is 0 Å². The lowest BCUT2D eigenvalue weighted by Crippen LogP contribution is -2.05. The molecule has 0 aliphatic heterocycles. The molecule has 0 bridgehead atoms. The van der Waals surface area contributed by atoms with Gasteiger partial charge < -0.3 is 4.74 Å². The van der Waals surface area contributed by atoms with Crippen LogP contribution < -0.4 is 4.74 Å². The van der Waals surface area contributed by atoms with Crippen LogP contribution in [0.5, 0.6) is 5.75 Å². The molecule has 2 aromatic carbocycles. The molecule has 2 rings (SSSR count). The van der Waals surface area contributed by atoms with Gasteiger partial charge in [0.1, 0.15) is 5.75 Å². The van der Waals surface area contributed by atoms with E-state index >= 15 is 0 Å². The van der Waals surface area contributed by atoms with Crippen molar-refractivity contribution in [2.24, 2.45) is 0 Å². The van der Waals surface area contributed by atoms with Gasteiger partial charge in [0, 0.05) is 15.6 Å². The molecule has 2 aromatic rings. The van der Waals surface area contributed by atoms with Gasteiger partial charge in [-0.15, -0.1) is 0 Å². The maximum Gasteiger partial charge on any atom is 0.193 e. The molecule has 0 radical (unpaired) electrons. The van der Waals surface area contributed by atoms with Gasteiger partial charge in [0.15, 0.2) is 5.78 Å². The van der Waals surface area contributed by atoms with E-state index in [9.17, 15) is 4.79 Å². The zero-order chi connectivity index (χ0) is 14.9. The molecule has 2 nitrogen and oxygen atoms in total. The van der Waals surface area contributed by atoms with Crippen LogP contribution in [0.2, 0.25) is 0 Å². The Morgan fingerprint density at radius 1 is 1.00 bits per heavy atom. The van der Waals surface area contributed by atoms with Crippen molar-refractivity contribution in [2.75, 3.05) is 7.11 Å². The first-order valence-electron chi connectivity index (χ1n) is 6.09. The number of rotatable bonds is 3. The summed E-state index contributed by atoms with van der Waals surface area (Å²) < 4.78 is 6.97. The quantitative estimate of drug-likeness (QED) is 0.676. The highest BCUT2D eigenvalue weighted by Gasteiger charge is 2.14. The first-order chi connectivity index (χ1) is 9.43. The number of ketones is 1. The van der Waals surface area contributed by atoms with Crippen molar-refractivity contribution in [3.63, 3.8) is 0 Å². The SMILES string of the molecule is COc1ccc(C(=O)c2cc(C)c(Br)cc2C)cc1Br. The molecular weight excluding hydrogens is 384 g/mol. The number of ether oxygens (including phenoxy) is 1. The zero-order valence-corrected chi connectivity index (χ0v) is 14.6. The van der Waals surface area contributed by atoms with E-state index in [0.717, 1.165) is 25.6 Å². The molecule has 0 amide bonds. The second kappa shape index (κ2) is 6.10. The van der Waals surface area contributed by atoms with Crippen LogP contribution in [-0.4, -0.2) is 12.9 Å². The number of methoxy groups -OCH3 is 1. The lowest BCUT2D eigenvalue weighted by Gasteiger charge is -2.10.